The Hall–Kier alpha value is -0.570. The van der Waals surface area contributed by atoms with Gasteiger partial charge < -0.3 is 4.74 Å². The Morgan fingerprint density at radius 1 is 1.28 bits per heavy atom. The first kappa shape index (κ1) is 13.9. The van der Waals surface area contributed by atoms with Crippen molar-refractivity contribution < 1.29 is 9.53 Å². The molecule has 1 aliphatic heterocycles. The number of carbonyl (C=O) groups is 1. The highest BCUT2D eigenvalue weighted by Crippen LogP contribution is 2.42. The first-order chi connectivity index (χ1) is 8.69. The van der Waals surface area contributed by atoms with Crippen molar-refractivity contribution in [3.63, 3.8) is 0 Å². The van der Waals surface area contributed by atoms with Crippen molar-refractivity contribution in [2.45, 2.75) is 64.3 Å². The van der Waals surface area contributed by atoms with Gasteiger partial charge in [-0.15, -0.1) is 0 Å². The summed E-state index contributed by atoms with van der Waals surface area (Å²) in [5.41, 5.74) is 0.0982. The first-order valence-electron chi connectivity index (χ1n) is 7.60. The molecule has 0 amide bonds. The predicted octanol–water partition coefficient (Wildman–Crippen LogP) is 2.98. The monoisotopic (exact) mass is 253 g/mol. The highest BCUT2D eigenvalue weighted by Gasteiger charge is 2.45. The van der Waals surface area contributed by atoms with Crippen LogP contribution in [0.1, 0.15) is 58.8 Å². The highest BCUT2D eigenvalue weighted by atomic mass is 16.5. The molecule has 3 nitrogen and oxygen atoms in total. The highest BCUT2D eigenvalue weighted by molar-refractivity contribution is 5.71. The molecule has 18 heavy (non-hydrogen) atoms. The van der Waals surface area contributed by atoms with Crippen LogP contribution < -0.4 is 0 Å². The molecule has 3 heteroatoms. The van der Waals surface area contributed by atoms with E-state index in [4.69, 9.17) is 4.74 Å². The van der Waals surface area contributed by atoms with Gasteiger partial charge in [-0.25, -0.2) is 0 Å². The molecule has 2 unspecified atom stereocenters. The van der Waals surface area contributed by atoms with Crippen molar-refractivity contribution in [3.8, 4) is 0 Å². The molecule has 1 aliphatic carbocycles. The van der Waals surface area contributed by atoms with Gasteiger partial charge in [0.2, 0.25) is 0 Å². The van der Waals surface area contributed by atoms with Gasteiger partial charge in [-0.3, -0.25) is 9.69 Å². The third-order valence-electron chi connectivity index (χ3n) is 4.91. The second-order valence-corrected chi connectivity index (χ2v) is 5.93. The van der Waals surface area contributed by atoms with Crippen molar-refractivity contribution in [3.05, 3.63) is 0 Å². The third kappa shape index (κ3) is 2.71. The Bertz CT molecular complexity index is 286. The fourth-order valence-electron chi connectivity index (χ4n) is 3.87. The van der Waals surface area contributed by atoms with Gasteiger partial charge in [-0.2, -0.15) is 0 Å². The lowest BCUT2D eigenvalue weighted by atomic mass is 9.70. The Balaban J connectivity index is 2.12. The van der Waals surface area contributed by atoms with Gasteiger partial charge in [-0.05, 0) is 51.6 Å². The van der Waals surface area contributed by atoms with E-state index in [1.165, 1.54) is 51.6 Å². The summed E-state index contributed by atoms with van der Waals surface area (Å²) < 4.78 is 5.21. The summed E-state index contributed by atoms with van der Waals surface area (Å²) in [5, 5.41) is 0. The molecule has 0 N–H and O–H groups in total. The molecule has 0 bridgehead atoms. The van der Waals surface area contributed by atoms with Crippen LogP contribution in [0.2, 0.25) is 0 Å². The normalized spacial score (nSPS) is 33.6. The Kier molecular flexibility index (Phi) is 4.66. The summed E-state index contributed by atoms with van der Waals surface area (Å²) in [6.45, 7) is 7.07. The summed E-state index contributed by atoms with van der Waals surface area (Å²) in [7, 11) is 0. The molecule has 2 atom stereocenters. The lowest BCUT2D eigenvalue weighted by Crippen LogP contribution is -2.54. The van der Waals surface area contributed by atoms with Crippen LogP contribution in [0.25, 0.3) is 0 Å². The van der Waals surface area contributed by atoms with Crippen LogP contribution in [-0.4, -0.2) is 36.1 Å². The second-order valence-electron chi connectivity index (χ2n) is 5.93. The van der Waals surface area contributed by atoms with E-state index in [-0.39, 0.29) is 11.5 Å². The van der Waals surface area contributed by atoms with Crippen LogP contribution in [0.4, 0.5) is 0 Å². The first-order valence-corrected chi connectivity index (χ1v) is 7.60. The average Bonchev–Trinajstić information content (AvgIpc) is 2.86. The predicted molar refractivity (Wildman–Crippen MR) is 72.4 cm³/mol. The summed E-state index contributed by atoms with van der Waals surface area (Å²) in [5.74, 6) is 0.618. The number of hydrogen-bond donors (Lipinski definition) is 0. The molecule has 1 heterocycles. The lowest BCUT2D eigenvalue weighted by Gasteiger charge is -2.48. The van der Waals surface area contributed by atoms with E-state index in [9.17, 15) is 4.79 Å². The summed E-state index contributed by atoms with van der Waals surface area (Å²) in [4.78, 5) is 14.6. The van der Waals surface area contributed by atoms with Crippen LogP contribution in [0.15, 0.2) is 0 Å². The van der Waals surface area contributed by atoms with E-state index in [0.717, 1.165) is 0 Å². The fraction of sp³-hybridized carbons (Fsp3) is 0.933. The molecule has 0 spiro atoms. The molecular weight excluding hydrogens is 226 g/mol. The average molecular weight is 253 g/mol. The summed E-state index contributed by atoms with van der Waals surface area (Å²) in [6, 6.07) is 0. The largest absolute Gasteiger partial charge is 0.466 e. The molecule has 0 aromatic heterocycles. The Labute approximate surface area is 111 Å². The Morgan fingerprint density at radius 2 is 2.00 bits per heavy atom. The molecule has 2 rings (SSSR count). The van der Waals surface area contributed by atoms with E-state index in [1.807, 2.05) is 6.92 Å². The minimum Gasteiger partial charge on any atom is -0.466 e. The van der Waals surface area contributed by atoms with Crippen molar-refractivity contribution >= 4 is 5.97 Å². The minimum atomic E-state index is -0.00171. The maximum absolute atomic E-state index is 12.0. The van der Waals surface area contributed by atoms with Crippen molar-refractivity contribution in [2.75, 3.05) is 19.7 Å². The molecule has 2 fully saturated rings. The zero-order chi connectivity index (χ0) is 13.0. The SMILES string of the molecule is CCOC(=O)CC1(N2CCCC2)CCCCC1C. The van der Waals surface area contributed by atoms with Crippen LogP contribution in [0, 0.1) is 5.92 Å². The molecule has 104 valence electrons. The molecule has 1 saturated carbocycles. The van der Waals surface area contributed by atoms with Crippen LogP contribution >= 0.6 is 0 Å². The van der Waals surface area contributed by atoms with Crippen LogP contribution in [0.3, 0.4) is 0 Å². The summed E-state index contributed by atoms with van der Waals surface area (Å²) >= 11 is 0. The van der Waals surface area contributed by atoms with Crippen molar-refractivity contribution in [1.29, 1.82) is 0 Å². The zero-order valence-corrected chi connectivity index (χ0v) is 11.9. The number of esters is 1. The topological polar surface area (TPSA) is 29.5 Å². The lowest BCUT2D eigenvalue weighted by molar-refractivity contribution is -0.148. The standard InChI is InChI=1S/C15H27NO2/c1-3-18-14(17)12-15(16-10-6-7-11-16)9-5-4-8-13(15)2/h13H,3-12H2,1-2H3. The number of ether oxygens (including phenoxy) is 1. The van der Waals surface area contributed by atoms with Gasteiger partial charge in [0.05, 0.1) is 13.0 Å². The fourth-order valence-corrected chi connectivity index (χ4v) is 3.87. The van der Waals surface area contributed by atoms with E-state index in [2.05, 4.69) is 11.8 Å². The molecule has 0 radical (unpaired) electrons. The number of carbonyl (C=O) groups excluding carboxylic acids is 1. The zero-order valence-electron chi connectivity index (χ0n) is 11.9. The smallest absolute Gasteiger partial charge is 0.307 e. The quantitative estimate of drug-likeness (QED) is 0.721. The molecule has 0 aromatic carbocycles. The number of likely N-dealkylation sites (tertiary alicyclic amines) is 1. The van der Waals surface area contributed by atoms with Gasteiger partial charge in [-0.1, -0.05) is 19.8 Å². The van der Waals surface area contributed by atoms with Gasteiger partial charge in [0.25, 0.3) is 0 Å². The molecule has 0 aromatic rings. The number of hydrogen-bond acceptors (Lipinski definition) is 3. The van der Waals surface area contributed by atoms with Gasteiger partial charge in [0.1, 0.15) is 0 Å². The minimum absolute atomic E-state index is 0.00171. The maximum atomic E-state index is 12.0. The Morgan fingerprint density at radius 3 is 2.61 bits per heavy atom. The van der Waals surface area contributed by atoms with E-state index in [0.29, 0.717) is 18.9 Å². The molecule has 2 aliphatic rings. The van der Waals surface area contributed by atoms with Crippen LogP contribution in [0.5, 0.6) is 0 Å². The van der Waals surface area contributed by atoms with Crippen LogP contribution in [-0.2, 0) is 9.53 Å². The van der Waals surface area contributed by atoms with E-state index in [1.54, 1.807) is 0 Å². The number of rotatable bonds is 4. The summed E-state index contributed by atoms with van der Waals surface area (Å²) in [6.07, 6.45) is 8.19. The third-order valence-corrected chi connectivity index (χ3v) is 4.91. The van der Waals surface area contributed by atoms with E-state index < -0.39 is 0 Å². The van der Waals surface area contributed by atoms with E-state index >= 15 is 0 Å². The maximum Gasteiger partial charge on any atom is 0.307 e. The van der Waals surface area contributed by atoms with Gasteiger partial charge in [0.15, 0.2) is 0 Å². The van der Waals surface area contributed by atoms with Crippen molar-refractivity contribution in [1.82, 2.24) is 4.90 Å². The number of nitrogens with zero attached hydrogens (tertiary/aromatic N) is 1. The second kappa shape index (κ2) is 6.05. The van der Waals surface area contributed by atoms with Gasteiger partial charge in [0, 0.05) is 5.54 Å². The molecule has 1 saturated heterocycles. The van der Waals surface area contributed by atoms with Gasteiger partial charge >= 0.3 is 5.97 Å². The molecular formula is C15H27NO2. The van der Waals surface area contributed by atoms with Crippen molar-refractivity contribution in [2.24, 2.45) is 5.92 Å².